The summed E-state index contributed by atoms with van der Waals surface area (Å²) in [5.74, 6) is 0.303. The lowest BCUT2D eigenvalue weighted by molar-refractivity contribution is 0.101. The third-order valence-electron chi connectivity index (χ3n) is 5.07. The second-order valence-electron chi connectivity index (χ2n) is 8.81. The van der Waals surface area contributed by atoms with Gasteiger partial charge in [-0.05, 0) is 87.9 Å². The molecule has 0 aromatic heterocycles. The van der Waals surface area contributed by atoms with Crippen molar-refractivity contribution in [3.8, 4) is 5.75 Å². The SMILES string of the molecule is CCCOc1ccc(C(=O)Nc2ccc(NC(=O)c3ccc(C(C)(C)C)cc3)cc2)cc1Br. The molecule has 2 amide bonds. The molecule has 0 bridgehead atoms. The van der Waals surface area contributed by atoms with Gasteiger partial charge in [0.15, 0.2) is 0 Å². The molecular formula is C27H29BrN2O3. The summed E-state index contributed by atoms with van der Waals surface area (Å²) in [5, 5.41) is 5.75. The van der Waals surface area contributed by atoms with Crippen molar-refractivity contribution in [1.82, 2.24) is 0 Å². The summed E-state index contributed by atoms with van der Waals surface area (Å²) in [5.41, 5.74) is 3.61. The first-order valence-corrected chi connectivity index (χ1v) is 11.7. The number of hydrogen-bond acceptors (Lipinski definition) is 3. The van der Waals surface area contributed by atoms with E-state index >= 15 is 0 Å². The number of carbonyl (C=O) groups is 2. The van der Waals surface area contributed by atoms with E-state index in [-0.39, 0.29) is 17.2 Å². The molecule has 2 N–H and O–H groups in total. The Morgan fingerprint density at radius 3 is 1.82 bits per heavy atom. The topological polar surface area (TPSA) is 67.4 Å². The Bertz CT molecular complexity index is 1120. The Kier molecular flexibility index (Phi) is 7.92. The van der Waals surface area contributed by atoms with Gasteiger partial charge >= 0.3 is 0 Å². The van der Waals surface area contributed by atoms with Crippen LogP contribution in [-0.2, 0) is 5.41 Å². The van der Waals surface area contributed by atoms with E-state index in [0.717, 1.165) is 10.9 Å². The molecule has 0 spiro atoms. The van der Waals surface area contributed by atoms with Crippen LogP contribution in [-0.4, -0.2) is 18.4 Å². The van der Waals surface area contributed by atoms with Crippen LogP contribution in [0.3, 0.4) is 0 Å². The summed E-state index contributed by atoms with van der Waals surface area (Å²) in [7, 11) is 0. The molecule has 6 heteroatoms. The number of halogens is 1. The normalized spacial score (nSPS) is 11.1. The van der Waals surface area contributed by atoms with Crippen molar-refractivity contribution >= 4 is 39.1 Å². The Labute approximate surface area is 203 Å². The van der Waals surface area contributed by atoms with Gasteiger partial charge in [-0.3, -0.25) is 9.59 Å². The first-order valence-electron chi connectivity index (χ1n) is 10.9. The first kappa shape index (κ1) is 24.5. The smallest absolute Gasteiger partial charge is 0.255 e. The van der Waals surface area contributed by atoms with Crippen molar-refractivity contribution in [2.24, 2.45) is 0 Å². The highest BCUT2D eigenvalue weighted by Crippen LogP contribution is 2.27. The van der Waals surface area contributed by atoms with Crippen molar-refractivity contribution in [3.05, 3.63) is 87.9 Å². The predicted molar refractivity (Wildman–Crippen MR) is 137 cm³/mol. The van der Waals surface area contributed by atoms with E-state index in [0.29, 0.717) is 34.9 Å². The van der Waals surface area contributed by atoms with Gasteiger partial charge in [-0.25, -0.2) is 0 Å². The van der Waals surface area contributed by atoms with E-state index in [4.69, 9.17) is 4.74 Å². The molecule has 3 rings (SSSR count). The lowest BCUT2D eigenvalue weighted by atomic mass is 9.87. The fourth-order valence-corrected chi connectivity index (χ4v) is 3.63. The van der Waals surface area contributed by atoms with Crippen LogP contribution in [0.15, 0.2) is 71.2 Å². The van der Waals surface area contributed by atoms with E-state index in [1.165, 1.54) is 5.56 Å². The van der Waals surface area contributed by atoms with E-state index in [2.05, 4.69) is 47.3 Å². The molecule has 172 valence electrons. The number of carbonyl (C=O) groups excluding carboxylic acids is 2. The fourth-order valence-electron chi connectivity index (χ4n) is 3.14. The predicted octanol–water partition coefficient (Wildman–Crippen LogP) is 7.04. The second kappa shape index (κ2) is 10.7. The molecule has 0 saturated carbocycles. The van der Waals surface area contributed by atoms with Crippen LogP contribution >= 0.6 is 15.9 Å². The Morgan fingerprint density at radius 2 is 1.33 bits per heavy atom. The third-order valence-corrected chi connectivity index (χ3v) is 5.69. The van der Waals surface area contributed by atoms with E-state index < -0.39 is 0 Å². The zero-order chi connectivity index (χ0) is 24.0. The summed E-state index contributed by atoms with van der Waals surface area (Å²) in [4.78, 5) is 25.1. The first-order chi connectivity index (χ1) is 15.7. The average molecular weight is 509 g/mol. The molecule has 5 nitrogen and oxygen atoms in total. The van der Waals surface area contributed by atoms with Crippen LogP contribution in [0.1, 0.15) is 60.4 Å². The number of hydrogen-bond donors (Lipinski definition) is 2. The summed E-state index contributed by atoms with van der Waals surface area (Å²) >= 11 is 3.45. The molecular weight excluding hydrogens is 480 g/mol. The van der Waals surface area contributed by atoms with E-state index in [1.807, 2.05) is 31.2 Å². The van der Waals surface area contributed by atoms with Crippen LogP contribution in [0.2, 0.25) is 0 Å². The minimum absolute atomic E-state index is 0.0379. The molecule has 0 heterocycles. The van der Waals surface area contributed by atoms with E-state index in [9.17, 15) is 9.59 Å². The van der Waals surface area contributed by atoms with Gasteiger partial charge in [-0.15, -0.1) is 0 Å². The lowest BCUT2D eigenvalue weighted by Crippen LogP contribution is -2.14. The largest absolute Gasteiger partial charge is 0.492 e. The van der Waals surface area contributed by atoms with Crippen molar-refractivity contribution < 1.29 is 14.3 Å². The molecule has 0 radical (unpaired) electrons. The van der Waals surface area contributed by atoms with Crippen molar-refractivity contribution in [2.45, 2.75) is 39.5 Å². The molecule has 0 aliphatic carbocycles. The fraction of sp³-hybridized carbons (Fsp3) is 0.259. The average Bonchev–Trinajstić information content (AvgIpc) is 2.79. The van der Waals surface area contributed by atoms with Crippen LogP contribution in [0.4, 0.5) is 11.4 Å². The molecule has 0 unspecified atom stereocenters. The van der Waals surface area contributed by atoms with Crippen LogP contribution in [0, 0.1) is 0 Å². The van der Waals surface area contributed by atoms with Crippen molar-refractivity contribution in [2.75, 3.05) is 17.2 Å². The molecule has 33 heavy (non-hydrogen) atoms. The quantitative estimate of drug-likeness (QED) is 0.359. The van der Waals surface area contributed by atoms with Gasteiger partial charge in [0.05, 0.1) is 11.1 Å². The Balaban J connectivity index is 1.60. The van der Waals surface area contributed by atoms with Gasteiger partial charge in [0.25, 0.3) is 11.8 Å². The zero-order valence-corrected chi connectivity index (χ0v) is 21.0. The zero-order valence-electron chi connectivity index (χ0n) is 19.4. The van der Waals surface area contributed by atoms with Crippen LogP contribution < -0.4 is 15.4 Å². The standard InChI is InChI=1S/C27H29BrN2O3/c1-5-16-33-24-15-8-19(17-23(24)28)26(32)30-22-13-11-21(12-14-22)29-25(31)18-6-9-20(10-7-18)27(2,3)4/h6-15,17H,5,16H2,1-4H3,(H,29,31)(H,30,32). The van der Waals surface area contributed by atoms with Gasteiger partial charge < -0.3 is 15.4 Å². The Hall–Kier alpha value is -3.12. The van der Waals surface area contributed by atoms with E-state index in [1.54, 1.807) is 42.5 Å². The summed E-state index contributed by atoms with van der Waals surface area (Å²) in [6.07, 6.45) is 0.911. The number of nitrogens with one attached hydrogen (secondary N) is 2. The number of amides is 2. The number of benzene rings is 3. The molecule has 0 aliphatic rings. The minimum Gasteiger partial charge on any atom is -0.492 e. The molecule has 3 aromatic rings. The summed E-state index contributed by atoms with van der Waals surface area (Å²) in [6, 6.07) is 19.9. The van der Waals surface area contributed by atoms with Crippen molar-refractivity contribution in [3.63, 3.8) is 0 Å². The van der Waals surface area contributed by atoms with Crippen LogP contribution in [0.25, 0.3) is 0 Å². The molecule has 0 saturated heterocycles. The second-order valence-corrected chi connectivity index (χ2v) is 9.66. The lowest BCUT2D eigenvalue weighted by Gasteiger charge is -2.19. The maximum absolute atomic E-state index is 12.6. The monoisotopic (exact) mass is 508 g/mol. The van der Waals surface area contributed by atoms with Gasteiger partial charge in [0.2, 0.25) is 0 Å². The highest BCUT2D eigenvalue weighted by molar-refractivity contribution is 9.10. The summed E-state index contributed by atoms with van der Waals surface area (Å²) in [6.45, 7) is 9.07. The number of ether oxygens (including phenoxy) is 1. The van der Waals surface area contributed by atoms with Gasteiger partial charge in [0.1, 0.15) is 5.75 Å². The number of rotatable bonds is 7. The van der Waals surface area contributed by atoms with Crippen LogP contribution in [0.5, 0.6) is 5.75 Å². The maximum Gasteiger partial charge on any atom is 0.255 e. The molecule has 3 aromatic carbocycles. The van der Waals surface area contributed by atoms with Gasteiger partial charge in [0, 0.05) is 22.5 Å². The highest BCUT2D eigenvalue weighted by Gasteiger charge is 2.15. The minimum atomic E-state index is -0.228. The molecule has 0 fully saturated rings. The molecule has 0 atom stereocenters. The number of anilines is 2. The Morgan fingerprint density at radius 1 is 0.818 bits per heavy atom. The summed E-state index contributed by atoms with van der Waals surface area (Å²) < 4.78 is 6.36. The third kappa shape index (κ3) is 6.68. The van der Waals surface area contributed by atoms with Gasteiger partial charge in [-0.1, -0.05) is 39.8 Å². The maximum atomic E-state index is 12.6. The van der Waals surface area contributed by atoms with Gasteiger partial charge in [-0.2, -0.15) is 0 Å². The molecule has 0 aliphatic heterocycles. The highest BCUT2D eigenvalue weighted by atomic mass is 79.9. The van der Waals surface area contributed by atoms with Crippen molar-refractivity contribution in [1.29, 1.82) is 0 Å².